The van der Waals surface area contributed by atoms with Crippen LogP contribution in [0.15, 0.2) is 75.9 Å². The van der Waals surface area contributed by atoms with Crippen LogP contribution in [-0.2, 0) is 6.42 Å². The number of hydrogen-bond donors (Lipinski definition) is 0. The summed E-state index contributed by atoms with van der Waals surface area (Å²) in [5, 5.41) is 0.405. The molecule has 4 aromatic rings. The molecule has 1 aromatic heterocycles. The molecule has 6 nitrogen and oxygen atoms in total. The van der Waals surface area contributed by atoms with Gasteiger partial charge in [0.15, 0.2) is 16.9 Å². The van der Waals surface area contributed by atoms with Gasteiger partial charge in [0.2, 0.25) is 5.76 Å². The molecule has 0 saturated carbocycles. The number of carbonyl (C=O) groups excluding carboxylic acids is 1. The maximum atomic E-state index is 13.7. The number of hydrogen-bond acceptors (Lipinski definition) is 5. The van der Waals surface area contributed by atoms with Gasteiger partial charge in [0.25, 0.3) is 5.91 Å². The van der Waals surface area contributed by atoms with E-state index in [0.29, 0.717) is 41.0 Å². The van der Waals surface area contributed by atoms with Gasteiger partial charge < -0.3 is 18.8 Å². The Morgan fingerprint density at radius 1 is 0.941 bits per heavy atom. The first kappa shape index (κ1) is 21.7. The summed E-state index contributed by atoms with van der Waals surface area (Å²) in [7, 11) is 3.13. The summed E-state index contributed by atoms with van der Waals surface area (Å²) < 4.78 is 30.3. The van der Waals surface area contributed by atoms with Crippen LogP contribution in [0.5, 0.6) is 11.5 Å². The normalized spacial score (nSPS) is 15.0. The number of carbonyl (C=O) groups is 1. The second kappa shape index (κ2) is 8.67. The van der Waals surface area contributed by atoms with Crippen LogP contribution in [-0.4, -0.2) is 31.6 Å². The maximum Gasteiger partial charge on any atom is 0.290 e. The molecule has 1 aliphatic heterocycles. The van der Waals surface area contributed by atoms with Crippen molar-refractivity contribution in [2.75, 3.05) is 20.8 Å². The zero-order valence-corrected chi connectivity index (χ0v) is 18.7. The summed E-state index contributed by atoms with van der Waals surface area (Å²) in [6, 6.07) is 17.6. The number of methoxy groups -OCH3 is 2. The van der Waals surface area contributed by atoms with Crippen LogP contribution in [0.3, 0.4) is 0 Å². The van der Waals surface area contributed by atoms with Crippen LogP contribution in [0.2, 0.25) is 0 Å². The molecule has 0 bridgehead atoms. The molecule has 172 valence electrons. The first-order valence-electron chi connectivity index (χ1n) is 10.8. The SMILES string of the molecule is COc1ccc(CCN2C(=O)c3oc4ccccc4c(=O)c3[C@H]2c2ccc(F)cc2)cc1OC. The average Bonchev–Trinajstić information content (AvgIpc) is 3.14. The zero-order valence-electron chi connectivity index (χ0n) is 18.7. The van der Waals surface area contributed by atoms with Gasteiger partial charge in [0.1, 0.15) is 11.4 Å². The Morgan fingerprint density at radius 3 is 2.41 bits per heavy atom. The summed E-state index contributed by atoms with van der Waals surface area (Å²) in [6.45, 7) is 0.316. The van der Waals surface area contributed by atoms with Crippen LogP contribution in [0.1, 0.15) is 33.3 Å². The summed E-state index contributed by atoms with van der Waals surface area (Å²) in [5.74, 6) is 0.476. The molecule has 0 saturated heterocycles. The van der Waals surface area contributed by atoms with Crippen molar-refractivity contribution in [3.8, 4) is 11.5 Å². The van der Waals surface area contributed by atoms with Crippen LogP contribution in [0.25, 0.3) is 11.0 Å². The Kier molecular flexibility index (Phi) is 5.53. The summed E-state index contributed by atoms with van der Waals surface area (Å²) in [4.78, 5) is 28.5. The standard InChI is InChI=1S/C27H22FNO5/c1-32-21-12-7-16(15-22(21)33-2)13-14-29-24(17-8-10-18(28)11-9-17)23-25(30)19-5-3-4-6-20(19)34-26(23)27(29)31/h3-12,15,24H,13-14H2,1-2H3/t24-/m1/s1. The second-order valence-corrected chi connectivity index (χ2v) is 8.06. The third-order valence-electron chi connectivity index (χ3n) is 6.15. The van der Waals surface area contributed by atoms with Crippen molar-refractivity contribution in [2.24, 2.45) is 0 Å². The van der Waals surface area contributed by atoms with E-state index in [9.17, 15) is 14.0 Å². The van der Waals surface area contributed by atoms with E-state index in [0.717, 1.165) is 5.56 Å². The van der Waals surface area contributed by atoms with Gasteiger partial charge in [-0.25, -0.2) is 4.39 Å². The fourth-order valence-electron chi connectivity index (χ4n) is 4.48. The van der Waals surface area contributed by atoms with Gasteiger partial charge in [-0.2, -0.15) is 0 Å². The Bertz CT molecular complexity index is 1440. The summed E-state index contributed by atoms with van der Waals surface area (Å²) in [5.41, 5.74) is 1.96. The summed E-state index contributed by atoms with van der Waals surface area (Å²) in [6.07, 6.45) is 0.505. The predicted molar refractivity (Wildman–Crippen MR) is 125 cm³/mol. The Morgan fingerprint density at radius 2 is 1.68 bits per heavy atom. The van der Waals surface area contributed by atoms with E-state index < -0.39 is 11.9 Å². The number of para-hydroxylation sites is 1. The number of halogens is 1. The van der Waals surface area contributed by atoms with Crippen molar-refractivity contribution in [3.63, 3.8) is 0 Å². The quantitative estimate of drug-likeness (QED) is 0.417. The second-order valence-electron chi connectivity index (χ2n) is 8.06. The van der Waals surface area contributed by atoms with Gasteiger partial charge in [-0.1, -0.05) is 30.3 Å². The molecule has 5 rings (SSSR count). The van der Waals surface area contributed by atoms with Gasteiger partial charge in [0.05, 0.1) is 31.2 Å². The highest BCUT2D eigenvalue weighted by Crippen LogP contribution is 2.38. The van der Waals surface area contributed by atoms with Crippen LogP contribution >= 0.6 is 0 Å². The molecule has 34 heavy (non-hydrogen) atoms. The topological polar surface area (TPSA) is 69.0 Å². The van der Waals surface area contributed by atoms with E-state index in [1.165, 1.54) is 12.1 Å². The highest BCUT2D eigenvalue weighted by molar-refractivity contribution is 5.99. The molecule has 1 atom stereocenters. The largest absolute Gasteiger partial charge is 0.493 e. The molecule has 0 radical (unpaired) electrons. The Hall–Kier alpha value is -4.13. The Labute approximate surface area is 195 Å². The fraction of sp³-hybridized carbons (Fsp3) is 0.185. The highest BCUT2D eigenvalue weighted by atomic mass is 19.1. The molecule has 0 N–H and O–H groups in total. The van der Waals surface area contributed by atoms with Crippen molar-refractivity contribution < 1.29 is 23.1 Å². The smallest absolute Gasteiger partial charge is 0.290 e. The number of fused-ring (bicyclic) bond motifs is 2. The Balaban J connectivity index is 1.57. The molecule has 1 aliphatic rings. The molecule has 2 heterocycles. The van der Waals surface area contributed by atoms with Crippen molar-refractivity contribution in [3.05, 3.63) is 105 Å². The predicted octanol–water partition coefficient (Wildman–Crippen LogP) is 4.74. The van der Waals surface area contributed by atoms with Crippen LogP contribution < -0.4 is 14.9 Å². The van der Waals surface area contributed by atoms with Crippen molar-refractivity contribution in [2.45, 2.75) is 12.5 Å². The monoisotopic (exact) mass is 459 g/mol. The lowest BCUT2D eigenvalue weighted by molar-refractivity contribution is 0.0730. The number of amides is 1. The number of benzene rings is 3. The first-order valence-corrected chi connectivity index (χ1v) is 10.8. The van der Waals surface area contributed by atoms with Crippen LogP contribution in [0.4, 0.5) is 4.39 Å². The lowest BCUT2D eigenvalue weighted by atomic mass is 9.98. The van der Waals surface area contributed by atoms with E-state index in [2.05, 4.69) is 0 Å². The third-order valence-corrected chi connectivity index (χ3v) is 6.15. The first-order chi connectivity index (χ1) is 16.5. The minimum atomic E-state index is -0.677. The van der Waals surface area contributed by atoms with E-state index in [1.807, 2.05) is 18.2 Å². The molecular formula is C27H22FNO5. The minimum absolute atomic E-state index is 0.0327. The molecule has 7 heteroatoms. The van der Waals surface area contributed by atoms with E-state index in [1.54, 1.807) is 55.5 Å². The lowest BCUT2D eigenvalue weighted by Gasteiger charge is -2.25. The van der Waals surface area contributed by atoms with Gasteiger partial charge >= 0.3 is 0 Å². The van der Waals surface area contributed by atoms with Gasteiger partial charge in [-0.3, -0.25) is 9.59 Å². The highest BCUT2D eigenvalue weighted by Gasteiger charge is 2.42. The molecule has 0 aliphatic carbocycles. The molecule has 0 unspecified atom stereocenters. The van der Waals surface area contributed by atoms with Crippen LogP contribution in [0, 0.1) is 5.82 Å². The molecule has 0 fully saturated rings. The van der Waals surface area contributed by atoms with Crippen molar-refractivity contribution in [1.82, 2.24) is 4.90 Å². The van der Waals surface area contributed by atoms with Crippen molar-refractivity contribution >= 4 is 16.9 Å². The average molecular weight is 459 g/mol. The third kappa shape index (κ3) is 3.59. The van der Waals surface area contributed by atoms with E-state index in [4.69, 9.17) is 13.9 Å². The minimum Gasteiger partial charge on any atom is -0.493 e. The molecular weight excluding hydrogens is 437 g/mol. The number of rotatable bonds is 6. The maximum absolute atomic E-state index is 13.7. The lowest BCUT2D eigenvalue weighted by Crippen LogP contribution is -2.31. The van der Waals surface area contributed by atoms with Gasteiger partial charge in [0, 0.05) is 6.54 Å². The zero-order chi connectivity index (χ0) is 23.8. The van der Waals surface area contributed by atoms with E-state index in [-0.39, 0.29) is 22.7 Å². The fourth-order valence-corrected chi connectivity index (χ4v) is 4.48. The molecule has 1 amide bonds. The van der Waals surface area contributed by atoms with Gasteiger partial charge in [-0.15, -0.1) is 0 Å². The van der Waals surface area contributed by atoms with Crippen molar-refractivity contribution in [1.29, 1.82) is 0 Å². The number of nitrogens with zero attached hydrogens (tertiary/aromatic N) is 1. The van der Waals surface area contributed by atoms with Gasteiger partial charge in [-0.05, 0) is 53.9 Å². The molecule has 3 aromatic carbocycles. The number of ether oxygens (including phenoxy) is 2. The summed E-state index contributed by atoms with van der Waals surface area (Å²) >= 11 is 0. The molecule has 0 spiro atoms. The van der Waals surface area contributed by atoms with E-state index >= 15 is 0 Å².